The van der Waals surface area contributed by atoms with Gasteiger partial charge in [0.2, 0.25) is 0 Å². The SMILES string of the molecule is OCC[C@H](O)c1ccn(CC2CC2)n1. The van der Waals surface area contributed by atoms with Crippen LogP contribution in [0.5, 0.6) is 0 Å². The molecule has 0 amide bonds. The van der Waals surface area contributed by atoms with Gasteiger partial charge in [-0.3, -0.25) is 4.68 Å². The van der Waals surface area contributed by atoms with Crippen molar-refractivity contribution in [2.75, 3.05) is 6.61 Å². The van der Waals surface area contributed by atoms with Gasteiger partial charge in [-0.15, -0.1) is 0 Å². The van der Waals surface area contributed by atoms with Crippen molar-refractivity contribution in [1.82, 2.24) is 9.78 Å². The van der Waals surface area contributed by atoms with Gasteiger partial charge in [0, 0.05) is 25.8 Å². The smallest absolute Gasteiger partial charge is 0.1000 e. The zero-order valence-corrected chi connectivity index (χ0v) is 8.13. The van der Waals surface area contributed by atoms with E-state index in [2.05, 4.69) is 5.10 Å². The summed E-state index contributed by atoms with van der Waals surface area (Å²) < 4.78 is 1.88. The molecule has 0 radical (unpaired) electrons. The van der Waals surface area contributed by atoms with Gasteiger partial charge in [0.25, 0.3) is 0 Å². The van der Waals surface area contributed by atoms with Crippen molar-refractivity contribution in [1.29, 1.82) is 0 Å². The molecule has 2 rings (SSSR count). The van der Waals surface area contributed by atoms with E-state index in [1.165, 1.54) is 12.8 Å². The molecule has 4 heteroatoms. The Kier molecular flexibility index (Phi) is 2.84. The van der Waals surface area contributed by atoms with Crippen LogP contribution in [-0.2, 0) is 6.54 Å². The van der Waals surface area contributed by atoms with Gasteiger partial charge in [-0.25, -0.2) is 0 Å². The molecule has 1 aromatic heterocycles. The summed E-state index contributed by atoms with van der Waals surface area (Å²) in [5.41, 5.74) is 0.666. The van der Waals surface area contributed by atoms with E-state index >= 15 is 0 Å². The van der Waals surface area contributed by atoms with Crippen molar-refractivity contribution in [3.05, 3.63) is 18.0 Å². The van der Waals surface area contributed by atoms with E-state index in [0.717, 1.165) is 12.5 Å². The second-order valence-electron chi connectivity index (χ2n) is 3.93. The van der Waals surface area contributed by atoms with Gasteiger partial charge < -0.3 is 10.2 Å². The van der Waals surface area contributed by atoms with Gasteiger partial charge in [0.1, 0.15) is 0 Å². The summed E-state index contributed by atoms with van der Waals surface area (Å²) in [6, 6.07) is 1.82. The summed E-state index contributed by atoms with van der Waals surface area (Å²) in [6.07, 6.45) is 4.23. The van der Waals surface area contributed by atoms with Crippen LogP contribution in [0.25, 0.3) is 0 Å². The minimum Gasteiger partial charge on any atom is -0.396 e. The largest absolute Gasteiger partial charge is 0.396 e. The van der Waals surface area contributed by atoms with Crippen LogP contribution in [0.15, 0.2) is 12.3 Å². The van der Waals surface area contributed by atoms with Crippen LogP contribution in [0.4, 0.5) is 0 Å². The van der Waals surface area contributed by atoms with E-state index in [1.54, 1.807) is 0 Å². The third kappa shape index (κ3) is 2.33. The van der Waals surface area contributed by atoms with E-state index in [-0.39, 0.29) is 6.61 Å². The fourth-order valence-corrected chi connectivity index (χ4v) is 1.49. The lowest BCUT2D eigenvalue weighted by Gasteiger charge is -2.04. The number of aromatic nitrogens is 2. The van der Waals surface area contributed by atoms with Crippen molar-refractivity contribution < 1.29 is 10.2 Å². The lowest BCUT2D eigenvalue weighted by Crippen LogP contribution is -2.05. The summed E-state index contributed by atoms with van der Waals surface area (Å²) in [4.78, 5) is 0. The Morgan fingerprint density at radius 2 is 2.36 bits per heavy atom. The maximum absolute atomic E-state index is 9.55. The Morgan fingerprint density at radius 1 is 1.57 bits per heavy atom. The molecule has 1 atom stereocenters. The number of nitrogens with zero attached hydrogens (tertiary/aromatic N) is 2. The molecule has 1 aromatic rings. The predicted molar refractivity (Wildman–Crippen MR) is 51.6 cm³/mol. The molecule has 1 aliphatic rings. The van der Waals surface area contributed by atoms with E-state index in [0.29, 0.717) is 12.1 Å². The Bertz CT molecular complexity index is 294. The molecule has 0 aliphatic heterocycles. The van der Waals surface area contributed by atoms with Gasteiger partial charge in [0.15, 0.2) is 0 Å². The lowest BCUT2D eigenvalue weighted by atomic mass is 10.2. The molecule has 0 spiro atoms. The van der Waals surface area contributed by atoms with Gasteiger partial charge in [0.05, 0.1) is 11.8 Å². The average molecular weight is 196 g/mol. The van der Waals surface area contributed by atoms with Gasteiger partial charge in [-0.2, -0.15) is 5.10 Å². The first-order valence-corrected chi connectivity index (χ1v) is 5.12. The highest BCUT2D eigenvalue weighted by molar-refractivity contribution is 5.03. The van der Waals surface area contributed by atoms with Crippen molar-refractivity contribution in [2.24, 2.45) is 5.92 Å². The first-order chi connectivity index (χ1) is 6.79. The molecule has 0 bridgehead atoms. The van der Waals surface area contributed by atoms with Crippen LogP contribution >= 0.6 is 0 Å². The fraction of sp³-hybridized carbons (Fsp3) is 0.700. The van der Waals surface area contributed by atoms with Crippen molar-refractivity contribution >= 4 is 0 Å². The predicted octanol–water partition coefficient (Wildman–Crippen LogP) is 0.709. The highest BCUT2D eigenvalue weighted by Gasteiger charge is 2.22. The molecule has 4 nitrogen and oxygen atoms in total. The second-order valence-corrected chi connectivity index (χ2v) is 3.93. The minimum atomic E-state index is -0.625. The third-order valence-corrected chi connectivity index (χ3v) is 2.55. The Morgan fingerprint density at radius 3 is 3.00 bits per heavy atom. The van der Waals surface area contributed by atoms with Crippen molar-refractivity contribution in [2.45, 2.75) is 31.9 Å². The first-order valence-electron chi connectivity index (χ1n) is 5.12. The number of aliphatic hydroxyl groups is 2. The standard InChI is InChI=1S/C10H16N2O2/c13-6-4-10(14)9-3-5-12(11-9)7-8-1-2-8/h3,5,8,10,13-14H,1-2,4,6-7H2/t10-/m0/s1. The molecule has 1 heterocycles. The molecular weight excluding hydrogens is 180 g/mol. The van der Waals surface area contributed by atoms with E-state index in [9.17, 15) is 5.11 Å². The first kappa shape index (κ1) is 9.68. The number of hydrogen-bond donors (Lipinski definition) is 2. The van der Waals surface area contributed by atoms with Gasteiger partial charge in [-0.05, 0) is 24.8 Å². The van der Waals surface area contributed by atoms with Crippen LogP contribution in [0.3, 0.4) is 0 Å². The average Bonchev–Trinajstić information content (AvgIpc) is 2.82. The molecule has 78 valence electrons. The monoisotopic (exact) mass is 196 g/mol. The number of rotatable bonds is 5. The Labute approximate surface area is 83.2 Å². The van der Waals surface area contributed by atoms with Crippen LogP contribution in [0, 0.1) is 5.92 Å². The zero-order valence-electron chi connectivity index (χ0n) is 8.13. The highest BCUT2D eigenvalue weighted by Crippen LogP contribution is 2.30. The molecule has 0 aromatic carbocycles. The lowest BCUT2D eigenvalue weighted by molar-refractivity contribution is 0.130. The number of aliphatic hydroxyl groups excluding tert-OH is 2. The normalized spacial score (nSPS) is 18.4. The summed E-state index contributed by atoms with van der Waals surface area (Å²) >= 11 is 0. The molecule has 1 saturated carbocycles. The maximum Gasteiger partial charge on any atom is 0.1000 e. The fourth-order valence-electron chi connectivity index (χ4n) is 1.49. The summed E-state index contributed by atoms with van der Waals surface area (Å²) in [7, 11) is 0. The molecule has 0 saturated heterocycles. The summed E-state index contributed by atoms with van der Waals surface area (Å²) in [5, 5.41) is 22.5. The Hall–Kier alpha value is -0.870. The molecule has 0 unspecified atom stereocenters. The van der Waals surface area contributed by atoms with Gasteiger partial charge in [-0.1, -0.05) is 0 Å². The topological polar surface area (TPSA) is 58.3 Å². The Balaban J connectivity index is 1.93. The highest BCUT2D eigenvalue weighted by atomic mass is 16.3. The zero-order chi connectivity index (χ0) is 9.97. The van der Waals surface area contributed by atoms with Crippen LogP contribution < -0.4 is 0 Å². The molecular formula is C10H16N2O2. The molecule has 1 fully saturated rings. The van der Waals surface area contributed by atoms with Crippen LogP contribution in [0.2, 0.25) is 0 Å². The molecule has 2 N–H and O–H groups in total. The van der Waals surface area contributed by atoms with Crippen molar-refractivity contribution in [3.63, 3.8) is 0 Å². The second kappa shape index (κ2) is 4.11. The van der Waals surface area contributed by atoms with E-state index in [1.807, 2.05) is 16.9 Å². The summed E-state index contributed by atoms with van der Waals surface area (Å²) in [5.74, 6) is 0.790. The van der Waals surface area contributed by atoms with Crippen LogP contribution in [0.1, 0.15) is 31.1 Å². The third-order valence-electron chi connectivity index (χ3n) is 2.55. The molecule has 1 aliphatic carbocycles. The maximum atomic E-state index is 9.55. The number of hydrogen-bond acceptors (Lipinski definition) is 3. The van der Waals surface area contributed by atoms with E-state index < -0.39 is 6.10 Å². The summed E-state index contributed by atoms with van der Waals surface area (Å²) in [6.45, 7) is 0.961. The quantitative estimate of drug-likeness (QED) is 0.729. The van der Waals surface area contributed by atoms with Crippen molar-refractivity contribution in [3.8, 4) is 0 Å². The van der Waals surface area contributed by atoms with Gasteiger partial charge >= 0.3 is 0 Å². The minimum absolute atomic E-state index is 0.00332. The van der Waals surface area contributed by atoms with Crippen LogP contribution in [-0.4, -0.2) is 26.6 Å². The molecule has 14 heavy (non-hydrogen) atoms. The van der Waals surface area contributed by atoms with E-state index in [4.69, 9.17) is 5.11 Å².